The molecule has 2 rings (SSSR count). The summed E-state index contributed by atoms with van der Waals surface area (Å²) in [6.07, 6.45) is 1.64. The maximum atomic E-state index is 8.52. The van der Waals surface area contributed by atoms with E-state index in [0.717, 1.165) is 16.5 Å². The van der Waals surface area contributed by atoms with Crippen molar-refractivity contribution < 1.29 is 9.73 Å². The molecule has 0 aliphatic rings. The predicted octanol–water partition coefficient (Wildman–Crippen LogP) is 1.31. The van der Waals surface area contributed by atoms with E-state index in [0.29, 0.717) is 6.54 Å². The Kier molecular flexibility index (Phi) is 1.77. The van der Waals surface area contributed by atoms with Crippen molar-refractivity contribution in [3.05, 3.63) is 30.0 Å². The summed E-state index contributed by atoms with van der Waals surface area (Å²) >= 11 is 0. The van der Waals surface area contributed by atoms with Gasteiger partial charge in [-0.15, -0.1) is 0 Å². The first-order valence-corrected chi connectivity index (χ1v) is 3.61. The molecule has 0 aliphatic carbocycles. The van der Waals surface area contributed by atoms with E-state index in [-0.39, 0.29) is 0 Å². The summed E-state index contributed by atoms with van der Waals surface area (Å²) < 4.78 is 4.95. The fraction of sp³-hybridized carbons (Fsp3) is 0.125. The van der Waals surface area contributed by atoms with Crippen LogP contribution >= 0.6 is 0 Å². The van der Waals surface area contributed by atoms with Crippen LogP contribution in [0.1, 0.15) is 5.56 Å². The standard InChI is InChI=1S/C8H8N2O2/c11-9-4-6-2-1-3-8-7(6)5-10-12-8/h1-3,5,9,11H,4H2. The monoisotopic (exact) mass is 164 g/mol. The summed E-state index contributed by atoms with van der Waals surface area (Å²) in [6.45, 7) is 0.401. The molecule has 0 fully saturated rings. The normalized spacial score (nSPS) is 10.8. The molecule has 2 N–H and O–H groups in total. The van der Waals surface area contributed by atoms with Crippen LogP contribution in [0.3, 0.4) is 0 Å². The lowest BCUT2D eigenvalue weighted by atomic mass is 10.1. The smallest absolute Gasteiger partial charge is 0.167 e. The van der Waals surface area contributed by atoms with E-state index < -0.39 is 0 Å². The zero-order valence-electron chi connectivity index (χ0n) is 6.32. The molecular weight excluding hydrogens is 156 g/mol. The number of hydrogen-bond acceptors (Lipinski definition) is 4. The minimum atomic E-state index is 0.401. The molecule has 0 bridgehead atoms. The van der Waals surface area contributed by atoms with E-state index in [4.69, 9.17) is 9.73 Å². The van der Waals surface area contributed by atoms with Crippen LogP contribution in [0.15, 0.2) is 28.9 Å². The molecule has 0 saturated carbocycles. The highest BCUT2D eigenvalue weighted by Crippen LogP contribution is 2.17. The molecule has 0 amide bonds. The molecule has 1 aromatic carbocycles. The minimum Gasteiger partial charge on any atom is -0.356 e. The van der Waals surface area contributed by atoms with Crippen LogP contribution in [0.4, 0.5) is 0 Å². The van der Waals surface area contributed by atoms with Gasteiger partial charge in [-0.2, -0.15) is 0 Å². The van der Waals surface area contributed by atoms with Crippen molar-refractivity contribution in [1.29, 1.82) is 0 Å². The molecule has 0 unspecified atom stereocenters. The van der Waals surface area contributed by atoms with Gasteiger partial charge in [0, 0.05) is 11.9 Å². The summed E-state index contributed by atoms with van der Waals surface area (Å²) in [6, 6.07) is 5.60. The molecule has 0 saturated heterocycles. The summed E-state index contributed by atoms with van der Waals surface area (Å²) in [5, 5.41) is 13.1. The summed E-state index contributed by atoms with van der Waals surface area (Å²) in [7, 11) is 0. The number of fused-ring (bicyclic) bond motifs is 1. The van der Waals surface area contributed by atoms with Crippen LogP contribution in [0.25, 0.3) is 11.0 Å². The Hall–Kier alpha value is -1.39. The first-order valence-electron chi connectivity index (χ1n) is 3.61. The van der Waals surface area contributed by atoms with Gasteiger partial charge in [0.1, 0.15) is 0 Å². The third-order valence-corrected chi connectivity index (χ3v) is 1.76. The Labute approximate surface area is 68.7 Å². The topological polar surface area (TPSA) is 58.3 Å². The number of benzene rings is 1. The van der Waals surface area contributed by atoms with Gasteiger partial charge < -0.3 is 9.73 Å². The first kappa shape index (κ1) is 7.27. The van der Waals surface area contributed by atoms with Gasteiger partial charge in [0.15, 0.2) is 5.58 Å². The van der Waals surface area contributed by atoms with E-state index in [2.05, 4.69) is 10.6 Å². The third-order valence-electron chi connectivity index (χ3n) is 1.76. The Morgan fingerprint density at radius 2 is 2.42 bits per heavy atom. The average Bonchev–Trinajstić information content (AvgIpc) is 2.53. The molecule has 4 nitrogen and oxygen atoms in total. The molecule has 4 heteroatoms. The van der Waals surface area contributed by atoms with Crippen LogP contribution in [0.2, 0.25) is 0 Å². The highest BCUT2D eigenvalue weighted by Gasteiger charge is 2.02. The molecule has 2 aromatic rings. The fourth-order valence-electron chi connectivity index (χ4n) is 1.19. The first-order chi connectivity index (χ1) is 5.92. The summed E-state index contributed by atoms with van der Waals surface area (Å²) in [4.78, 5) is 0. The third kappa shape index (κ3) is 1.07. The largest absolute Gasteiger partial charge is 0.356 e. The molecule has 62 valence electrons. The quantitative estimate of drug-likeness (QED) is 0.657. The van der Waals surface area contributed by atoms with Gasteiger partial charge in [0.05, 0.1) is 6.20 Å². The van der Waals surface area contributed by atoms with Crippen LogP contribution in [0.5, 0.6) is 0 Å². The number of nitrogens with zero attached hydrogens (tertiary/aromatic N) is 1. The van der Waals surface area contributed by atoms with Gasteiger partial charge in [0.25, 0.3) is 0 Å². The van der Waals surface area contributed by atoms with Gasteiger partial charge >= 0.3 is 0 Å². The highest BCUT2D eigenvalue weighted by atomic mass is 16.5. The van der Waals surface area contributed by atoms with Gasteiger partial charge in [-0.3, -0.25) is 0 Å². The van der Waals surface area contributed by atoms with Crippen LogP contribution in [-0.2, 0) is 6.54 Å². The van der Waals surface area contributed by atoms with Crippen molar-refractivity contribution in [2.75, 3.05) is 0 Å². The second-order valence-corrected chi connectivity index (χ2v) is 2.49. The van der Waals surface area contributed by atoms with E-state index in [1.165, 1.54) is 0 Å². The summed E-state index contributed by atoms with van der Waals surface area (Å²) in [5.41, 5.74) is 3.80. The van der Waals surface area contributed by atoms with E-state index >= 15 is 0 Å². The zero-order chi connectivity index (χ0) is 8.39. The maximum Gasteiger partial charge on any atom is 0.167 e. The highest BCUT2D eigenvalue weighted by molar-refractivity contribution is 5.79. The predicted molar refractivity (Wildman–Crippen MR) is 42.6 cm³/mol. The van der Waals surface area contributed by atoms with Crippen molar-refractivity contribution in [2.45, 2.75) is 6.54 Å². The Morgan fingerprint density at radius 1 is 1.50 bits per heavy atom. The SMILES string of the molecule is ONCc1cccc2oncc12. The number of hydrogen-bond donors (Lipinski definition) is 2. The van der Waals surface area contributed by atoms with Gasteiger partial charge in [-0.25, -0.2) is 5.48 Å². The number of aromatic nitrogens is 1. The van der Waals surface area contributed by atoms with Crippen molar-refractivity contribution in [3.8, 4) is 0 Å². The van der Waals surface area contributed by atoms with Crippen LogP contribution in [-0.4, -0.2) is 10.4 Å². The second kappa shape index (κ2) is 2.92. The fourth-order valence-corrected chi connectivity index (χ4v) is 1.19. The van der Waals surface area contributed by atoms with Crippen LogP contribution in [0, 0.1) is 0 Å². The molecule has 1 aromatic heterocycles. The molecule has 1 heterocycles. The minimum absolute atomic E-state index is 0.401. The lowest BCUT2D eigenvalue weighted by Crippen LogP contribution is -2.05. The molecular formula is C8H8N2O2. The van der Waals surface area contributed by atoms with Crippen molar-refractivity contribution in [1.82, 2.24) is 10.6 Å². The lowest BCUT2D eigenvalue weighted by molar-refractivity contribution is 0.161. The Balaban J connectivity index is 2.57. The van der Waals surface area contributed by atoms with E-state index in [9.17, 15) is 0 Å². The van der Waals surface area contributed by atoms with Crippen molar-refractivity contribution in [3.63, 3.8) is 0 Å². The van der Waals surface area contributed by atoms with Gasteiger partial charge in [-0.05, 0) is 11.6 Å². The molecule has 0 aliphatic heterocycles. The number of rotatable bonds is 2. The lowest BCUT2D eigenvalue weighted by Gasteiger charge is -1.97. The average molecular weight is 164 g/mol. The maximum absolute atomic E-state index is 8.52. The Morgan fingerprint density at radius 3 is 3.25 bits per heavy atom. The van der Waals surface area contributed by atoms with Crippen molar-refractivity contribution in [2.24, 2.45) is 0 Å². The van der Waals surface area contributed by atoms with Crippen LogP contribution < -0.4 is 5.48 Å². The molecule has 0 spiro atoms. The molecule has 0 radical (unpaired) electrons. The van der Waals surface area contributed by atoms with E-state index in [1.807, 2.05) is 18.2 Å². The number of nitrogens with one attached hydrogen (secondary N) is 1. The zero-order valence-corrected chi connectivity index (χ0v) is 6.32. The second-order valence-electron chi connectivity index (χ2n) is 2.49. The number of hydroxylamine groups is 1. The van der Waals surface area contributed by atoms with Gasteiger partial charge in [-0.1, -0.05) is 17.3 Å². The van der Waals surface area contributed by atoms with Crippen molar-refractivity contribution >= 4 is 11.0 Å². The molecule has 0 atom stereocenters. The Bertz CT molecular complexity index is 383. The van der Waals surface area contributed by atoms with E-state index in [1.54, 1.807) is 6.20 Å². The van der Waals surface area contributed by atoms with Gasteiger partial charge in [0.2, 0.25) is 0 Å². The summed E-state index contributed by atoms with van der Waals surface area (Å²) in [5.74, 6) is 0. The molecule has 12 heavy (non-hydrogen) atoms.